The maximum absolute atomic E-state index is 15.9. The van der Waals surface area contributed by atoms with Crippen LogP contribution in [0.25, 0.3) is 32.9 Å². The topological polar surface area (TPSA) is 40.6 Å². The van der Waals surface area contributed by atoms with Crippen LogP contribution in [0.15, 0.2) is 70.0 Å². The quantitative estimate of drug-likeness (QED) is 0.0327. The molecule has 4 nitrogen and oxygen atoms in total. The third-order valence-electron chi connectivity index (χ3n) is 17.3. The Morgan fingerprint density at radius 2 is 0.800 bits per heavy atom. The first-order valence-electron chi connectivity index (χ1n) is 33.6. The summed E-state index contributed by atoms with van der Waals surface area (Å²) in [6.45, 7) is 10.6. The van der Waals surface area contributed by atoms with Crippen molar-refractivity contribution in [3.8, 4) is 9.31 Å². The van der Waals surface area contributed by atoms with Crippen LogP contribution in [0.3, 0.4) is 0 Å². The van der Waals surface area contributed by atoms with Crippen LogP contribution in [0, 0.1) is 11.8 Å². The van der Waals surface area contributed by atoms with E-state index in [9.17, 15) is 0 Å². The second-order valence-electron chi connectivity index (χ2n) is 24.2. The van der Waals surface area contributed by atoms with Crippen molar-refractivity contribution in [3.05, 3.63) is 88.6 Å². The van der Waals surface area contributed by atoms with Crippen LogP contribution in [0.4, 0.5) is 0 Å². The van der Waals surface area contributed by atoms with Crippen molar-refractivity contribution >= 4 is 87.0 Å². The molecule has 2 aliphatic heterocycles. The average Bonchev–Trinajstić information content (AvgIpc) is 4.49. The summed E-state index contributed by atoms with van der Waals surface area (Å²) in [5.41, 5.74) is 3.18. The third kappa shape index (κ3) is 23.2. The molecule has 0 N–H and O–H groups in total. The van der Waals surface area contributed by atoms with E-state index in [-0.39, 0.29) is 26.3 Å². The van der Waals surface area contributed by atoms with Crippen molar-refractivity contribution in [2.75, 3.05) is 13.1 Å². The minimum absolute atomic E-state index is 0.0678. The van der Waals surface area contributed by atoms with Crippen molar-refractivity contribution in [1.82, 2.24) is 9.80 Å². The molecular weight excluding hydrogens is 1150 g/mol. The molecule has 0 saturated carbocycles. The summed E-state index contributed by atoms with van der Waals surface area (Å²) >= 11 is 4.15. The van der Waals surface area contributed by atoms with Gasteiger partial charge in [-0.15, -0.1) is 0 Å². The first-order valence-corrected chi connectivity index (χ1v) is 38.8. The van der Waals surface area contributed by atoms with Gasteiger partial charge in [-0.2, -0.15) is 0 Å². The van der Waals surface area contributed by atoms with Crippen molar-refractivity contribution in [3.63, 3.8) is 0 Å². The van der Waals surface area contributed by atoms with Crippen LogP contribution in [-0.4, -0.2) is 63.7 Å². The molecule has 2 amide bonds. The average molecular weight is 1260 g/mol. The minimum atomic E-state index is 0.0678. The summed E-state index contributed by atoms with van der Waals surface area (Å²) < 4.78 is 4.21. The van der Waals surface area contributed by atoms with Gasteiger partial charge < -0.3 is 0 Å². The number of nitrogens with zero attached hydrogens (tertiary/aromatic N) is 2. The van der Waals surface area contributed by atoms with Gasteiger partial charge in [0.1, 0.15) is 0 Å². The Balaban J connectivity index is 1.27. The van der Waals surface area contributed by atoms with Crippen molar-refractivity contribution in [2.45, 2.75) is 285 Å². The molecule has 0 radical (unpaired) electrons. The second kappa shape index (κ2) is 40.8. The molecule has 0 aromatic carbocycles. The van der Waals surface area contributed by atoms with E-state index in [0.717, 1.165) is 46.8 Å². The summed E-state index contributed by atoms with van der Waals surface area (Å²) in [4.78, 5) is 41.7. The van der Waals surface area contributed by atoms with Gasteiger partial charge >= 0.3 is 306 Å². The fraction of sp³-hybridized carbons (Fsp3) is 0.667. The number of hydrogen-bond donors (Lipinski definition) is 0. The first kappa shape index (κ1) is 66.7. The molecule has 80 heavy (non-hydrogen) atoms. The Bertz CT molecular complexity index is 2350. The monoisotopic (exact) mass is 1260 g/mol. The van der Waals surface area contributed by atoms with Gasteiger partial charge in [0.2, 0.25) is 0 Å². The predicted molar refractivity (Wildman–Crippen MR) is 355 cm³/mol. The molecule has 4 aromatic heterocycles. The molecule has 444 valence electrons. The summed E-state index contributed by atoms with van der Waals surface area (Å²) in [7, 11) is 0. The van der Waals surface area contributed by atoms with Gasteiger partial charge in [0.05, 0.1) is 0 Å². The summed E-state index contributed by atoms with van der Waals surface area (Å²) in [6.07, 6.45) is 57.0. The number of rotatable bonds is 49. The Hall–Kier alpha value is -2.44. The molecule has 2 unspecified atom stereocenters. The van der Waals surface area contributed by atoms with Gasteiger partial charge in [0.25, 0.3) is 0 Å². The zero-order chi connectivity index (χ0) is 56.2. The van der Waals surface area contributed by atoms with E-state index in [0.29, 0.717) is 50.6 Å². The molecule has 8 heteroatoms. The van der Waals surface area contributed by atoms with E-state index in [1.54, 1.807) is 11.3 Å². The molecular formula is C72H110N2O2S2Se2. The van der Waals surface area contributed by atoms with Crippen LogP contribution in [-0.2, 0) is 9.59 Å². The number of unbranched alkanes of at least 4 members (excludes halogenated alkanes) is 32. The number of amides is 2. The van der Waals surface area contributed by atoms with Crippen LogP contribution in [0.1, 0.15) is 303 Å². The van der Waals surface area contributed by atoms with E-state index >= 15 is 9.59 Å². The Morgan fingerprint density at radius 3 is 1.19 bits per heavy atom. The van der Waals surface area contributed by atoms with E-state index in [1.165, 1.54) is 249 Å². The van der Waals surface area contributed by atoms with Gasteiger partial charge in [-0.1, -0.05) is 207 Å². The molecule has 0 bridgehead atoms. The normalized spacial score (nSPS) is 14.6. The molecule has 4 aromatic rings. The summed E-state index contributed by atoms with van der Waals surface area (Å²) in [5.74, 6) is 0.955. The molecule has 2 atom stereocenters. The van der Waals surface area contributed by atoms with Crippen molar-refractivity contribution in [1.29, 1.82) is 0 Å². The van der Waals surface area contributed by atoms with Crippen molar-refractivity contribution < 1.29 is 9.59 Å². The van der Waals surface area contributed by atoms with Gasteiger partial charge in [-0.25, -0.2) is 0 Å². The maximum atomic E-state index is 15.9. The molecule has 6 heterocycles. The molecule has 0 spiro atoms. The van der Waals surface area contributed by atoms with Crippen LogP contribution < -0.4 is 0 Å². The zero-order valence-corrected chi connectivity index (χ0v) is 56.2. The van der Waals surface area contributed by atoms with E-state index in [2.05, 4.69) is 108 Å². The van der Waals surface area contributed by atoms with Crippen LogP contribution >= 0.6 is 22.7 Å². The third-order valence-corrected chi connectivity index (χ3v) is 23.7. The van der Waals surface area contributed by atoms with Gasteiger partial charge in [0.15, 0.2) is 0 Å². The Morgan fingerprint density at radius 1 is 0.412 bits per heavy atom. The van der Waals surface area contributed by atoms with E-state index in [4.69, 9.17) is 0 Å². The molecule has 0 fully saturated rings. The first-order chi connectivity index (χ1) is 39.5. The summed E-state index contributed by atoms with van der Waals surface area (Å²) in [6, 6.07) is 17.9. The number of thiophene rings is 2. The van der Waals surface area contributed by atoms with E-state index in [1.807, 2.05) is 11.3 Å². The SMILES string of the molecule is CCCCCCCCCCCCC(CCCCCCCCCC)CN1C(=O)C2=C(c3ccc(-c4ccc(C=Cc5ccc[se]5)[se]4)s3)N(CC(CCCCCCCCCC)CCCCCCCCCCCC)C(=O)C2=C1c1cccs1. The fourth-order valence-corrected chi connectivity index (χ4v) is 17.8. The zero-order valence-electron chi connectivity index (χ0n) is 51.1. The van der Waals surface area contributed by atoms with Crippen LogP contribution in [0.5, 0.6) is 0 Å². The number of carbonyl (C=O) groups is 2. The molecule has 0 saturated heterocycles. The standard InChI is InChI=1S/C72H110N2O2S2Se2/c1-5-9-13-17-21-25-27-31-35-39-44-59(43-37-33-29-23-19-15-11-7-3)57-73-69(64-48-41-55-77-64)67-68(72(73)76)70(65-53-52-63(78-65)66-54-51-62(80-66)50-49-61-47-42-56-79-61)74(71(67)75)58-60(45-38-34-30-24-20-16-12-8-4)46-40-36-32-28-26-22-18-14-10-6-2/h41-42,47-56,59-60H,5-40,43-46,57-58H2,1-4H3. The van der Waals surface area contributed by atoms with Crippen molar-refractivity contribution in [2.24, 2.45) is 11.8 Å². The Labute approximate surface area is 510 Å². The number of fused-ring (bicyclic) bond motifs is 1. The van der Waals surface area contributed by atoms with Gasteiger partial charge in [0, 0.05) is 0 Å². The molecule has 0 aliphatic carbocycles. The second-order valence-corrected chi connectivity index (χ2v) is 30.6. The molecule has 2 aliphatic rings. The van der Waals surface area contributed by atoms with Crippen LogP contribution in [0.2, 0.25) is 0 Å². The number of hydrogen-bond acceptors (Lipinski definition) is 4. The van der Waals surface area contributed by atoms with Gasteiger partial charge in [-0.05, 0) is 0 Å². The summed E-state index contributed by atoms with van der Waals surface area (Å²) in [5, 5.41) is 2.14. The fourth-order valence-electron chi connectivity index (χ4n) is 12.5. The van der Waals surface area contributed by atoms with E-state index < -0.39 is 0 Å². The predicted octanol–water partition coefficient (Wildman–Crippen LogP) is 22.5. The van der Waals surface area contributed by atoms with Gasteiger partial charge in [-0.3, -0.25) is 0 Å². The molecule has 6 rings (SSSR count). The Kier molecular flexibility index (Phi) is 34.0. The number of carbonyl (C=O) groups excluding carboxylic acids is 2.